The van der Waals surface area contributed by atoms with Crippen LogP contribution in [0.25, 0.3) is 0 Å². The SMILES string of the molecule is O=C(CNC(=O)C(c1ccccc1)c1ccccc1)N/N=C\c1ccc(O)c(O)c1. The molecule has 0 aliphatic rings. The third-order valence-electron chi connectivity index (χ3n) is 4.35. The van der Waals surface area contributed by atoms with Crippen molar-refractivity contribution in [1.29, 1.82) is 0 Å². The molecule has 30 heavy (non-hydrogen) atoms. The highest BCUT2D eigenvalue weighted by Gasteiger charge is 2.22. The van der Waals surface area contributed by atoms with E-state index in [9.17, 15) is 19.8 Å². The van der Waals surface area contributed by atoms with E-state index in [1.165, 1.54) is 24.4 Å². The number of rotatable bonds is 7. The summed E-state index contributed by atoms with van der Waals surface area (Å²) in [7, 11) is 0. The Kier molecular flexibility index (Phi) is 6.78. The van der Waals surface area contributed by atoms with Crippen molar-refractivity contribution in [3.8, 4) is 11.5 Å². The Hall–Kier alpha value is -4.13. The molecule has 0 aliphatic heterocycles. The van der Waals surface area contributed by atoms with Crippen molar-refractivity contribution in [1.82, 2.24) is 10.7 Å². The first-order chi connectivity index (χ1) is 14.5. The predicted molar refractivity (Wildman–Crippen MR) is 113 cm³/mol. The summed E-state index contributed by atoms with van der Waals surface area (Å²) in [5.74, 6) is -1.86. The number of hydrogen-bond donors (Lipinski definition) is 4. The number of nitrogens with zero attached hydrogens (tertiary/aromatic N) is 1. The zero-order valence-corrected chi connectivity index (χ0v) is 16.0. The van der Waals surface area contributed by atoms with E-state index in [0.29, 0.717) is 5.56 Å². The summed E-state index contributed by atoms with van der Waals surface area (Å²) in [5, 5.41) is 25.2. The van der Waals surface area contributed by atoms with Crippen molar-refractivity contribution in [2.24, 2.45) is 5.10 Å². The van der Waals surface area contributed by atoms with E-state index in [0.717, 1.165) is 11.1 Å². The average molecular weight is 403 g/mol. The largest absolute Gasteiger partial charge is 0.504 e. The molecule has 7 heteroatoms. The fourth-order valence-corrected chi connectivity index (χ4v) is 2.89. The molecule has 0 unspecified atom stereocenters. The molecule has 2 amide bonds. The van der Waals surface area contributed by atoms with Crippen LogP contribution in [0.1, 0.15) is 22.6 Å². The van der Waals surface area contributed by atoms with Crippen molar-refractivity contribution in [2.45, 2.75) is 5.92 Å². The summed E-state index contributed by atoms with van der Waals surface area (Å²) in [6.07, 6.45) is 1.32. The van der Waals surface area contributed by atoms with Crippen LogP contribution >= 0.6 is 0 Å². The van der Waals surface area contributed by atoms with Gasteiger partial charge in [-0.25, -0.2) is 5.43 Å². The molecule has 152 valence electrons. The van der Waals surface area contributed by atoms with Crippen LogP contribution in [0.2, 0.25) is 0 Å². The van der Waals surface area contributed by atoms with Gasteiger partial charge in [0.05, 0.1) is 18.7 Å². The second-order valence-corrected chi connectivity index (χ2v) is 6.51. The molecule has 4 N–H and O–H groups in total. The zero-order chi connectivity index (χ0) is 21.3. The minimum atomic E-state index is -0.538. The van der Waals surface area contributed by atoms with Gasteiger partial charge in [-0.2, -0.15) is 5.10 Å². The Morgan fingerprint density at radius 1 is 0.867 bits per heavy atom. The smallest absolute Gasteiger partial charge is 0.259 e. The van der Waals surface area contributed by atoms with Crippen molar-refractivity contribution < 1.29 is 19.8 Å². The molecule has 3 rings (SSSR count). The number of hydrogen-bond acceptors (Lipinski definition) is 5. The van der Waals surface area contributed by atoms with E-state index in [1.54, 1.807) is 0 Å². The molecule has 0 aromatic heterocycles. The lowest BCUT2D eigenvalue weighted by Gasteiger charge is -2.17. The van der Waals surface area contributed by atoms with Crippen LogP contribution in [0, 0.1) is 0 Å². The van der Waals surface area contributed by atoms with Crippen molar-refractivity contribution in [3.05, 3.63) is 95.6 Å². The Labute approximate surface area is 173 Å². The lowest BCUT2D eigenvalue weighted by atomic mass is 9.90. The number of carbonyl (C=O) groups is 2. The first-order valence-electron chi connectivity index (χ1n) is 9.26. The standard InChI is InChI=1S/C23H21N3O4/c27-19-12-11-16(13-20(19)28)14-25-26-21(29)15-24-23(30)22(17-7-3-1-4-8-17)18-9-5-2-6-10-18/h1-14,22,27-28H,15H2,(H,24,30)(H,26,29)/b25-14-. The fourth-order valence-electron chi connectivity index (χ4n) is 2.89. The lowest BCUT2D eigenvalue weighted by Crippen LogP contribution is -2.37. The Balaban J connectivity index is 1.60. The number of hydrazone groups is 1. The van der Waals surface area contributed by atoms with Gasteiger partial charge >= 0.3 is 0 Å². The minimum Gasteiger partial charge on any atom is -0.504 e. The summed E-state index contributed by atoms with van der Waals surface area (Å²) in [5.41, 5.74) is 4.45. The molecule has 3 aromatic rings. The highest BCUT2D eigenvalue weighted by Crippen LogP contribution is 2.25. The van der Waals surface area contributed by atoms with Crippen LogP contribution in [-0.4, -0.2) is 34.8 Å². The number of amides is 2. The molecular weight excluding hydrogens is 382 g/mol. The van der Waals surface area contributed by atoms with Gasteiger partial charge < -0.3 is 15.5 Å². The van der Waals surface area contributed by atoms with E-state index < -0.39 is 11.8 Å². The quantitative estimate of drug-likeness (QED) is 0.276. The summed E-state index contributed by atoms with van der Waals surface area (Å²) >= 11 is 0. The van der Waals surface area contributed by atoms with Gasteiger partial charge in [0, 0.05) is 0 Å². The number of aromatic hydroxyl groups is 2. The van der Waals surface area contributed by atoms with Gasteiger partial charge in [0.15, 0.2) is 11.5 Å². The first kappa shape index (κ1) is 20.6. The summed E-state index contributed by atoms with van der Waals surface area (Å²) in [6.45, 7) is -0.243. The highest BCUT2D eigenvalue weighted by molar-refractivity contribution is 5.91. The van der Waals surface area contributed by atoms with E-state index in [4.69, 9.17) is 0 Å². The van der Waals surface area contributed by atoms with Crippen LogP contribution in [-0.2, 0) is 9.59 Å². The van der Waals surface area contributed by atoms with Crippen LogP contribution in [0.3, 0.4) is 0 Å². The minimum absolute atomic E-state index is 0.243. The van der Waals surface area contributed by atoms with E-state index in [-0.39, 0.29) is 24.0 Å². The van der Waals surface area contributed by atoms with Crippen LogP contribution < -0.4 is 10.7 Å². The second kappa shape index (κ2) is 9.88. The molecule has 0 bridgehead atoms. The van der Waals surface area contributed by atoms with Gasteiger partial charge in [0.1, 0.15) is 0 Å². The van der Waals surface area contributed by atoms with Gasteiger partial charge in [0.2, 0.25) is 5.91 Å². The van der Waals surface area contributed by atoms with Crippen LogP contribution in [0.15, 0.2) is 84.0 Å². The monoisotopic (exact) mass is 403 g/mol. The third kappa shape index (κ3) is 5.45. The summed E-state index contributed by atoms with van der Waals surface area (Å²) in [6, 6.07) is 22.8. The Morgan fingerprint density at radius 3 is 2.03 bits per heavy atom. The average Bonchev–Trinajstić information content (AvgIpc) is 2.76. The maximum atomic E-state index is 12.8. The molecule has 0 aliphatic carbocycles. The molecule has 0 atom stereocenters. The van der Waals surface area contributed by atoms with Crippen LogP contribution in [0.4, 0.5) is 0 Å². The van der Waals surface area contributed by atoms with Crippen molar-refractivity contribution >= 4 is 18.0 Å². The molecule has 0 radical (unpaired) electrons. The zero-order valence-electron chi connectivity index (χ0n) is 16.0. The normalized spacial score (nSPS) is 10.8. The number of carbonyl (C=O) groups excluding carboxylic acids is 2. The lowest BCUT2D eigenvalue weighted by molar-refractivity contribution is -0.126. The van der Waals surface area contributed by atoms with Crippen molar-refractivity contribution in [3.63, 3.8) is 0 Å². The molecule has 0 spiro atoms. The Morgan fingerprint density at radius 2 is 1.47 bits per heavy atom. The summed E-state index contributed by atoms with van der Waals surface area (Å²) < 4.78 is 0. The third-order valence-corrected chi connectivity index (χ3v) is 4.35. The molecule has 0 saturated carbocycles. The highest BCUT2D eigenvalue weighted by atomic mass is 16.3. The number of nitrogens with one attached hydrogen (secondary N) is 2. The second-order valence-electron chi connectivity index (χ2n) is 6.51. The maximum absolute atomic E-state index is 12.8. The predicted octanol–water partition coefficient (Wildman–Crippen LogP) is 2.50. The van der Waals surface area contributed by atoms with Crippen LogP contribution in [0.5, 0.6) is 11.5 Å². The Bertz CT molecular complexity index is 997. The molecule has 3 aromatic carbocycles. The summed E-state index contributed by atoms with van der Waals surface area (Å²) in [4.78, 5) is 24.9. The topological polar surface area (TPSA) is 111 Å². The van der Waals surface area contributed by atoms with Gasteiger partial charge in [0.25, 0.3) is 5.91 Å². The maximum Gasteiger partial charge on any atom is 0.259 e. The van der Waals surface area contributed by atoms with E-state index >= 15 is 0 Å². The molecule has 0 heterocycles. The molecule has 0 fully saturated rings. The van der Waals surface area contributed by atoms with Crippen molar-refractivity contribution in [2.75, 3.05) is 6.54 Å². The first-order valence-corrected chi connectivity index (χ1v) is 9.26. The van der Waals surface area contributed by atoms with Gasteiger partial charge in [-0.1, -0.05) is 60.7 Å². The van der Waals surface area contributed by atoms with Gasteiger partial charge in [-0.15, -0.1) is 0 Å². The van der Waals surface area contributed by atoms with Gasteiger partial charge in [-0.3, -0.25) is 9.59 Å². The number of benzene rings is 3. The molecular formula is C23H21N3O4. The van der Waals surface area contributed by atoms with E-state index in [1.807, 2.05) is 60.7 Å². The molecule has 7 nitrogen and oxygen atoms in total. The molecule has 0 saturated heterocycles. The van der Waals surface area contributed by atoms with E-state index in [2.05, 4.69) is 15.8 Å². The number of phenolic OH excluding ortho intramolecular Hbond substituents is 2. The van der Waals surface area contributed by atoms with Gasteiger partial charge in [-0.05, 0) is 34.9 Å². The number of phenols is 2. The fraction of sp³-hybridized carbons (Fsp3) is 0.0870.